The zero-order valence-electron chi connectivity index (χ0n) is 13.7. The first-order chi connectivity index (χ1) is 9.69. The van der Waals surface area contributed by atoms with Gasteiger partial charge in [-0.15, -0.1) is 0 Å². The summed E-state index contributed by atoms with van der Waals surface area (Å²) in [7, 11) is 0. The number of piperazine rings is 1. The monoisotopic (exact) mass is 282 g/mol. The quantitative estimate of drug-likeness (QED) is 0.810. The van der Waals surface area contributed by atoms with E-state index in [2.05, 4.69) is 31.0 Å². The van der Waals surface area contributed by atoms with Gasteiger partial charge in [-0.1, -0.05) is 27.2 Å². The van der Waals surface area contributed by atoms with Crippen molar-refractivity contribution in [2.45, 2.75) is 77.5 Å². The maximum Gasteiger partial charge on any atom is 0.0702 e. The highest BCUT2D eigenvalue weighted by molar-refractivity contribution is 4.88. The predicted molar refractivity (Wildman–Crippen MR) is 85.1 cm³/mol. The van der Waals surface area contributed by atoms with Gasteiger partial charge in [-0.05, 0) is 38.0 Å². The Hall–Kier alpha value is -0.120. The molecule has 3 atom stereocenters. The number of nitrogens with one attached hydrogen (secondary N) is 1. The van der Waals surface area contributed by atoms with Crippen LogP contribution in [0.4, 0.5) is 0 Å². The maximum atomic E-state index is 5.96. The van der Waals surface area contributed by atoms with Crippen molar-refractivity contribution in [3.63, 3.8) is 0 Å². The van der Waals surface area contributed by atoms with Crippen LogP contribution in [-0.4, -0.2) is 49.3 Å². The van der Waals surface area contributed by atoms with Gasteiger partial charge in [0.1, 0.15) is 0 Å². The van der Waals surface area contributed by atoms with Crippen LogP contribution in [0.3, 0.4) is 0 Å². The number of rotatable bonds is 6. The molecule has 0 aliphatic carbocycles. The van der Waals surface area contributed by atoms with Crippen molar-refractivity contribution in [1.82, 2.24) is 10.2 Å². The Morgan fingerprint density at radius 1 is 1.30 bits per heavy atom. The number of ether oxygens (including phenoxy) is 1. The van der Waals surface area contributed by atoms with E-state index in [1.807, 2.05) is 0 Å². The van der Waals surface area contributed by atoms with E-state index in [9.17, 15) is 0 Å². The van der Waals surface area contributed by atoms with E-state index in [0.29, 0.717) is 18.2 Å². The first kappa shape index (κ1) is 16.3. The number of hydrogen-bond acceptors (Lipinski definition) is 3. The second-order valence-electron chi connectivity index (χ2n) is 7.12. The highest BCUT2D eigenvalue weighted by Crippen LogP contribution is 2.20. The molecule has 3 unspecified atom stereocenters. The molecule has 20 heavy (non-hydrogen) atoms. The molecular weight excluding hydrogens is 248 g/mol. The Balaban J connectivity index is 1.87. The normalized spacial score (nSPS) is 32.7. The summed E-state index contributed by atoms with van der Waals surface area (Å²) >= 11 is 0. The molecule has 2 fully saturated rings. The minimum atomic E-state index is 0.487. The minimum absolute atomic E-state index is 0.487. The van der Waals surface area contributed by atoms with E-state index in [1.165, 1.54) is 45.1 Å². The van der Waals surface area contributed by atoms with Gasteiger partial charge < -0.3 is 10.1 Å². The van der Waals surface area contributed by atoms with E-state index < -0.39 is 0 Å². The third kappa shape index (κ3) is 5.01. The van der Waals surface area contributed by atoms with Gasteiger partial charge in [0.05, 0.1) is 6.10 Å². The molecule has 0 aromatic rings. The fraction of sp³-hybridized carbons (Fsp3) is 1.00. The highest BCUT2D eigenvalue weighted by atomic mass is 16.5. The van der Waals surface area contributed by atoms with Crippen LogP contribution in [0.2, 0.25) is 0 Å². The van der Waals surface area contributed by atoms with Crippen LogP contribution in [0.15, 0.2) is 0 Å². The zero-order valence-corrected chi connectivity index (χ0v) is 13.7. The summed E-state index contributed by atoms with van der Waals surface area (Å²) in [5, 5.41) is 3.77. The summed E-state index contributed by atoms with van der Waals surface area (Å²) in [5.74, 6) is 0.781. The lowest BCUT2D eigenvalue weighted by Gasteiger charge is -2.43. The topological polar surface area (TPSA) is 24.5 Å². The van der Waals surface area contributed by atoms with Crippen LogP contribution >= 0.6 is 0 Å². The van der Waals surface area contributed by atoms with Crippen LogP contribution in [0.25, 0.3) is 0 Å². The van der Waals surface area contributed by atoms with E-state index in [0.717, 1.165) is 25.6 Å². The smallest absolute Gasteiger partial charge is 0.0702 e. The van der Waals surface area contributed by atoms with Gasteiger partial charge in [-0.2, -0.15) is 0 Å². The third-order valence-corrected chi connectivity index (χ3v) is 4.70. The van der Waals surface area contributed by atoms with Crippen LogP contribution in [-0.2, 0) is 4.74 Å². The molecular formula is C17H34N2O. The van der Waals surface area contributed by atoms with E-state index in [1.54, 1.807) is 0 Å². The molecule has 2 aliphatic rings. The van der Waals surface area contributed by atoms with E-state index in [-0.39, 0.29) is 0 Å². The van der Waals surface area contributed by atoms with Crippen molar-refractivity contribution in [2.24, 2.45) is 5.92 Å². The van der Waals surface area contributed by atoms with Crippen molar-refractivity contribution in [3.8, 4) is 0 Å². The largest absolute Gasteiger partial charge is 0.377 e. The van der Waals surface area contributed by atoms with Gasteiger partial charge in [0.2, 0.25) is 0 Å². The Bertz CT molecular complexity index is 264. The van der Waals surface area contributed by atoms with Gasteiger partial charge in [0.15, 0.2) is 0 Å². The fourth-order valence-electron chi connectivity index (χ4n) is 3.71. The van der Waals surface area contributed by atoms with Crippen molar-refractivity contribution in [3.05, 3.63) is 0 Å². The lowest BCUT2D eigenvalue weighted by Crippen LogP contribution is -2.58. The van der Waals surface area contributed by atoms with Crippen LogP contribution in [0, 0.1) is 5.92 Å². The van der Waals surface area contributed by atoms with Crippen molar-refractivity contribution in [1.29, 1.82) is 0 Å². The summed E-state index contributed by atoms with van der Waals surface area (Å²) in [5.41, 5.74) is 0. The molecule has 1 N–H and O–H groups in total. The summed E-state index contributed by atoms with van der Waals surface area (Å²) in [6, 6.07) is 1.39. The Morgan fingerprint density at radius 3 is 2.80 bits per heavy atom. The highest BCUT2D eigenvalue weighted by Gasteiger charge is 2.29. The lowest BCUT2D eigenvalue weighted by molar-refractivity contribution is -0.0230. The molecule has 3 heteroatoms. The third-order valence-electron chi connectivity index (χ3n) is 4.70. The SMILES string of the molecule is CCCC1CNC(CC(C)C)CN1CC1CCCCO1. The van der Waals surface area contributed by atoms with Gasteiger partial charge in [0.25, 0.3) is 0 Å². The zero-order chi connectivity index (χ0) is 14.4. The second-order valence-corrected chi connectivity index (χ2v) is 7.12. The molecule has 2 rings (SSSR count). The number of hydrogen-bond donors (Lipinski definition) is 1. The molecule has 3 nitrogen and oxygen atoms in total. The van der Waals surface area contributed by atoms with Crippen LogP contribution in [0.5, 0.6) is 0 Å². The van der Waals surface area contributed by atoms with Gasteiger partial charge in [0, 0.05) is 38.3 Å². The summed E-state index contributed by atoms with van der Waals surface area (Å²) in [6.07, 6.45) is 8.24. The molecule has 2 aliphatic heterocycles. The van der Waals surface area contributed by atoms with Gasteiger partial charge in [-0.3, -0.25) is 4.90 Å². The average Bonchev–Trinajstić information content (AvgIpc) is 2.42. The molecule has 118 valence electrons. The first-order valence-corrected chi connectivity index (χ1v) is 8.78. The van der Waals surface area contributed by atoms with Crippen molar-refractivity contribution in [2.75, 3.05) is 26.2 Å². The van der Waals surface area contributed by atoms with Gasteiger partial charge in [-0.25, -0.2) is 0 Å². The first-order valence-electron chi connectivity index (χ1n) is 8.78. The standard InChI is InChI=1S/C17H34N2O/c1-4-7-16-11-18-15(10-14(2)3)12-19(16)13-17-8-5-6-9-20-17/h14-18H,4-13H2,1-3H3. The number of nitrogens with zero attached hydrogens (tertiary/aromatic N) is 1. The molecule has 0 bridgehead atoms. The molecule has 0 aromatic carbocycles. The fourth-order valence-corrected chi connectivity index (χ4v) is 3.71. The lowest BCUT2D eigenvalue weighted by atomic mass is 9.97. The molecule has 0 radical (unpaired) electrons. The molecule has 0 spiro atoms. The van der Waals surface area contributed by atoms with Gasteiger partial charge >= 0.3 is 0 Å². The molecule has 2 saturated heterocycles. The minimum Gasteiger partial charge on any atom is -0.377 e. The van der Waals surface area contributed by atoms with Crippen LogP contribution in [0.1, 0.15) is 59.3 Å². The van der Waals surface area contributed by atoms with E-state index >= 15 is 0 Å². The van der Waals surface area contributed by atoms with Crippen LogP contribution < -0.4 is 5.32 Å². The Kier molecular flexibility index (Phi) is 6.79. The van der Waals surface area contributed by atoms with E-state index in [4.69, 9.17) is 4.74 Å². The summed E-state index contributed by atoms with van der Waals surface area (Å²) < 4.78 is 5.96. The molecule has 0 saturated carbocycles. The summed E-state index contributed by atoms with van der Waals surface area (Å²) in [4.78, 5) is 2.73. The summed E-state index contributed by atoms with van der Waals surface area (Å²) in [6.45, 7) is 11.5. The molecule has 0 aromatic heterocycles. The van der Waals surface area contributed by atoms with Crippen molar-refractivity contribution >= 4 is 0 Å². The molecule has 0 amide bonds. The van der Waals surface area contributed by atoms with Crippen molar-refractivity contribution < 1.29 is 4.74 Å². The average molecular weight is 282 g/mol. The molecule has 2 heterocycles. The maximum absolute atomic E-state index is 5.96. The second kappa shape index (κ2) is 8.35. The predicted octanol–water partition coefficient (Wildman–Crippen LogP) is 3.04. The Labute approximate surface area is 125 Å². The Morgan fingerprint density at radius 2 is 2.15 bits per heavy atom.